The molecule has 18 heavy (non-hydrogen) atoms. The Balaban J connectivity index is 0.000000873. The Morgan fingerprint density at radius 2 is 2.06 bits per heavy atom. The molecule has 0 unspecified atom stereocenters. The number of aliphatic hydroxyl groups is 1. The fraction of sp³-hybridized carbons (Fsp3) is 0.364. The molecule has 1 aromatic carbocycles. The number of amides is 1. The van der Waals surface area contributed by atoms with E-state index in [9.17, 15) is 14.9 Å². The van der Waals surface area contributed by atoms with Gasteiger partial charge in [-0.05, 0) is 19.9 Å². The first-order valence-corrected chi connectivity index (χ1v) is 5.29. The van der Waals surface area contributed by atoms with E-state index in [1.165, 1.54) is 18.2 Å². The zero-order valence-electron chi connectivity index (χ0n) is 10.3. The van der Waals surface area contributed by atoms with Crippen LogP contribution in [-0.2, 0) is 0 Å². The Hall–Kier alpha value is -2.15. The Morgan fingerprint density at radius 3 is 2.44 bits per heavy atom. The van der Waals surface area contributed by atoms with Crippen LogP contribution in [0.3, 0.4) is 0 Å². The second-order valence-corrected chi connectivity index (χ2v) is 3.05. The second-order valence-electron chi connectivity index (χ2n) is 3.05. The number of hydrogen-bond acceptors (Lipinski definition) is 5. The maximum Gasteiger partial charge on any atom is 0.310 e. The lowest BCUT2D eigenvalue weighted by Crippen LogP contribution is -2.11. The molecule has 7 heteroatoms. The highest BCUT2D eigenvalue weighted by molar-refractivity contribution is 5.93. The van der Waals surface area contributed by atoms with E-state index in [-0.39, 0.29) is 30.2 Å². The van der Waals surface area contributed by atoms with Gasteiger partial charge in [0, 0.05) is 24.3 Å². The van der Waals surface area contributed by atoms with Crippen LogP contribution in [0.25, 0.3) is 0 Å². The van der Waals surface area contributed by atoms with Gasteiger partial charge in [0.25, 0.3) is 0 Å². The van der Waals surface area contributed by atoms with Crippen LogP contribution in [0.4, 0.5) is 5.69 Å². The highest BCUT2D eigenvalue weighted by Gasteiger charge is 2.16. The van der Waals surface area contributed by atoms with Crippen LogP contribution >= 0.6 is 0 Å². The molecule has 100 valence electrons. The monoisotopic (exact) mass is 256 g/mol. The molecule has 3 N–H and O–H groups in total. The average Bonchev–Trinajstić information content (AvgIpc) is 2.30. The molecule has 1 aromatic rings. The van der Waals surface area contributed by atoms with Crippen molar-refractivity contribution in [1.29, 1.82) is 0 Å². The predicted octanol–water partition coefficient (Wildman–Crippen LogP) is 1.09. The van der Waals surface area contributed by atoms with Gasteiger partial charge < -0.3 is 15.6 Å². The summed E-state index contributed by atoms with van der Waals surface area (Å²) in [5.41, 5.74) is 5.05. The summed E-state index contributed by atoms with van der Waals surface area (Å²) in [4.78, 5) is 20.8. The number of carbonyl (C=O) groups is 1. The molecule has 0 bridgehead atoms. The summed E-state index contributed by atoms with van der Waals surface area (Å²) in [6.45, 7) is 3.91. The number of primary amides is 1. The summed E-state index contributed by atoms with van der Waals surface area (Å²) >= 11 is 0. The van der Waals surface area contributed by atoms with Gasteiger partial charge in [0.1, 0.15) is 0 Å². The number of ether oxygens (including phenoxy) is 1. The van der Waals surface area contributed by atoms with E-state index in [1.54, 1.807) is 13.8 Å². The lowest BCUT2D eigenvalue weighted by atomic mass is 10.2. The minimum absolute atomic E-state index is 0.0544. The van der Waals surface area contributed by atoms with Crippen molar-refractivity contribution in [2.24, 2.45) is 5.73 Å². The first-order chi connectivity index (χ1) is 8.47. The smallest absolute Gasteiger partial charge is 0.310 e. The molecular weight excluding hydrogens is 240 g/mol. The van der Waals surface area contributed by atoms with Gasteiger partial charge in [0.2, 0.25) is 5.91 Å². The van der Waals surface area contributed by atoms with E-state index in [1.807, 2.05) is 0 Å². The zero-order chi connectivity index (χ0) is 14.1. The van der Waals surface area contributed by atoms with Crippen molar-refractivity contribution in [3.05, 3.63) is 33.9 Å². The van der Waals surface area contributed by atoms with Gasteiger partial charge in [-0.2, -0.15) is 0 Å². The molecular formula is C11H16N2O5. The van der Waals surface area contributed by atoms with Gasteiger partial charge >= 0.3 is 5.69 Å². The maximum atomic E-state index is 10.8. The van der Waals surface area contributed by atoms with Crippen molar-refractivity contribution >= 4 is 11.6 Å². The summed E-state index contributed by atoms with van der Waals surface area (Å²) < 4.78 is 5.04. The molecule has 0 aliphatic carbocycles. The largest absolute Gasteiger partial charge is 0.487 e. The number of nitro benzene ring substituents is 1. The van der Waals surface area contributed by atoms with Crippen molar-refractivity contribution in [3.63, 3.8) is 0 Å². The van der Waals surface area contributed by atoms with Gasteiger partial charge in [0.15, 0.2) is 5.75 Å². The zero-order valence-corrected chi connectivity index (χ0v) is 10.3. The van der Waals surface area contributed by atoms with Crippen LogP contribution < -0.4 is 10.5 Å². The van der Waals surface area contributed by atoms with Crippen molar-refractivity contribution in [3.8, 4) is 5.75 Å². The Bertz CT molecular complexity index is 420. The van der Waals surface area contributed by atoms with Crippen LogP contribution in [-0.4, -0.2) is 29.2 Å². The fourth-order valence-corrected chi connectivity index (χ4v) is 1.09. The van der Waals surface area contributed by atoms with Gasteiger partial charge in [-0.25, -0.2) is 0 Å². The maximum absolute atomic E-state index is 10.8. The quantitative estimate of drug-likeness (QED) is 0.618. The van der Waals surface area contributed by atoms with Crippen LogP contribution in [0.15, 0.2) is 18.2 Å². The lowest BCUT2D eigenvalue weighted by molar-refractivity contribution is -0.385. The van der Waals surface area contributed by atoms with Crippen molar-refractivity contribution in [2.75, 3.05) is 13.2 Å². The summed E-state index contributed by atoms with van der Waals surface area (Å²) in [6, 6.07) is 3.76. The van der Waals surface area contributed by atoms with Crippen LogP contribution in [0.1, 0.15) is 24.2 Å². The standard InChI is InChI=1S/C9H10N2O4.C2H6O/c1-2-15-8-5-6(9(10)12)3-4-7(8)11(13)14;1-2-3/h3-5H,2H2,1H3,(H2,10,12);3H,2H2,1H3. The molecule has 0 atom stereocenters. The first kappa shape index (κ1) is 15.9. The number of rotatable bonds is 4. The lowest BCUT2D eigenvalue weighted by Gasteiger charge is -2.04. The number of nitrogens with two attached hydrogens (primary N) is 1. The van der Waals surface area contributed by atoms with Gasteiger partial charge in [-0.1, -0.05) is 0 Å². The molecule has 0 saturated heterocycles. The molecule has 0 fully saturated rings. The first-order valence-electron chi connectivity index (χ1n) is 5.29. The highest BCUT2D eigenvalue weighted by atomic mass is 16.6. The Kier molecular flexibility index (Phi) is 7.06. The van der Waals surface area contributed by atoms with E-state index >= 15 is 0 Å². The third-order valence-electron chi connectivity index (χ3n) is 1.74. The van der Waals surface area contributed by atoms with E-state index in [4.69, 9.17) is 15.6 Å². The van der Waals surface area contributed by atoms with Gasteiger partial charge in [-0.15, -0.1) is 0 Å². The van der Waals surface area contributed by atoms with Crippen molar-refractivity contribution in [2.45, 2.75) is 13.8 Å². The Morgan fingerprint density at radius 1 is 1.50 bits per heavy atom. The summed E-state index contributed by atoms with van der Waals surface area (Å²) in [6.07, 6.45) is 0. The minimum atomic E-state index is -0.647. The molecule has 0 aliphatic rings. The van der Waals surface area contributed by atoms with E-state index in [2.05, 4.69) is 0 Å². The molecule has 7 nitrogen and oxygen atoms in total. The average molecular weight is 256 g/mol. The molecule has 0 saturated carbocycles. The molecule has 0 heterocycles. The van der Waals surface area contributed by atoms with Gasteiger partial charge in [0.05, 0.1) is 11.5 Å². The van der Waals surface area contributed by atoms with Crippen LogP contribution in [0, 0.1) is 10.1 Å². The number of carbonyl (C=O) groups excluding carboxylic acids is 1. The number of nitrogens with zero attached hydrogens (tertiary/aromatic N) is 1. The van der Waals surface area contributed by atoms with Crippen LogP contribution in [0.5, 0.6) is 5.75 Å². The fourth-order valence-electron chi connectivity index (χ4n) is 1.09. The number of nitro groups is 1. The third-order valence-corrected chi connectivity index (χ3v) is 1.74. The summed E-state index contributed by atoms with van der Waals surface area (Å²) in [5.74, 6) is -0.593. The third kappa shape index (κ3) is 4.79. The highest BCUT2D eigenvalue weighted by Crippen LogP contribution is 2.27. The summed E-state index contributed by atoms with van der Waals surface area (Å²) in [7, 11) is 0. The molecule has 0 aromatic heterocycles. The van der Waals surface area contributed by atoms with E-state index in [0.717, 1.165) is 0 Å². The SMILES string of the molecule is CCO.CCOc1cc(C(N)=O)ccc1[N+](=O)[O-]. The number of benzene rings is 1. The molecule has 1 rings (SSSR count). The van der Waals surface area contributed by atoms with E-state index < -0.39 is 10.8 Å². The van der Waals surface area contributed by atoms with Crippen molar-refractivity contribution < 1.29 is 19.6 Å². The predicted molar refractivity (Wildman–Crippen MR) is 65.5 cm³/mol. The molecule has 1 amide bonds. The minimum Gasteiger partial charge on any atom is -0.487 e. The number of hydrogen-bond donors (Lipinski definition) is 2. The van der Waals surface area contributed by atoms with E-state index in [0.29, 0.717) is 0 Å². The normalized spacial score (nSPS) is 9.06. The van der Waals surface area contributed by atoms with Crippen LogP contribution in [0.2, 0.25) is 0 Å². The Labute approximate surface area is 104 Å². The second kappa shape index (κ2) is 8.02. The molecule has 0 aliphatic heterocycles. The topological polar surface area (TPSA) is 116 Å². The van der Waals surface area contributed by atoms with Gasteiger partial charge in [-0.3, -0.25) is 14.9 Å². The summed E-state index contributed by atoms with van der Waals surface area (Å²) in [5, 5.41) is 18.2. The molecule has 0 spiro atoms. The van der Waals surface area contributed by atoms with Crippen molar-refractivity contribution in [1.82, 2.24) is 0 Å². The molecule has 0 radical (unpaired) electrons. The number of aliphatic hydroxyl groups excluding tert-OH is 1.